The second-order valence-electron chi connectivity index (χ2n) is 2.22. The van der Waals surface area contributed by atoms with Gasteiger partial charge in [0.05, 0.1) is 5.56 Å². The highest BCUT2D eigenvalue weighted by molar-refractivity contribution is 6.17. The van der Waals surface area contributed by atoms with E-state index < -0.39 is 17.5 Å². The van der Waals surface area contributed by atoms with E-state index in [0.29, 0.717) is 0 Å². The molecule has 0 aliphatic rings. The second kappa shape index (κ2) is 3.70. The van der Waals surface area contributed by atoms with Crippen molar-refractivity contribution in [2.75, 3.05) is 0 Å². The Balaban J connectivity index is 3.05. The van der Waals surface area contributed by atoms with Crippen LogP contribution < -0.4 is 4.65 Å². The first-order valence-electron chi connectivity index (χ1n) is 3.34. The van der Waals surface area contributed by atoms with Crippen LogP contribution in [0.1, 0.15) is 5.56 Å². The van der Waals surface area contributed by atoms with Crippen LogP contribution in [0.3, 0.4) is 0 Å². The van der Waals surface area contributed by atoms with Crippen molar-refractivity contribution in [3.63, 3.8) is 0 Å². The zero-order valence-electron chi connectivity index (χ0n) is 6.38. The van der Waals surface area contributed by atoms with Crippen LogP contribution in [0.25, 0.3) is 0 Å². The van der Waals surface area contributed by atoms with Gasteiger partial charge in [-0.05, 0) is 12.1 Å². The predicted octanol–water partition coefficient (Wildman–Crippen LogP) is 1.61. The van der Waals surface area contributed by atoms with Crippen LogP contribution in [0.15, 0.2) is 24.3 Å². The second-order valence-corrected chi connectivity index (χ2v) is 2.22. The molecule has 1 aromatic carbocycles. The Morgan fingerprint density at radius 2 is 1.85 bits per heavy atom. The van der Waals surface area contributed by atoms with Crippen molar-refractivity contribution in [2.45, 2.75) is 6.18 Å². The summed E-state index contributed by atoms with van der Waals surface area (Å²) in [5.74, 6) is -0.419. The lowest BCUT2D eigenvalue weighted by molar-refractivity contribution is -0.138. The predicted molar refractivity (Wildman–Crippen MR) is 40.0 cm³/mol. The molecule has 1 rings (SSSR count). The van der Waals surface area contributed by atoms with E-state index in [4.69, 9.17) is 5.02 Å². The first-order valence-corrected chi connectivity index (χ1v) is 3.34. The van der Waals surface area contributed by atoms with Gasteiger partial charge in [0.1, 0.15) is 5.75 Å². The van der Waals surface area contributed by atoms with Gasteiger partial charge in [-0.15, -0.1) is 0 Å². The molecule has 0 saturated heterocycles. The number of halogens is 3. The standard InChI is InChI=1S/C7H5BF3O2/c9-7(10,11)5-3-1-2-4-6(5)13-8-12/h1-4,12H. The van der Waals surface area contributed by atoms with Crippen molar-refractivity contribution in [3.05, 3.63) is 29.8 Å². The first kappa shape index (κ1) is 9.92. The molecule has 2 nitrogen and oxygen atoms in total. The SMILES string of the molecule is O[B]Oc1ccccc1C(F)(F)F. The lowest BCUT2D eigenvalue weighted by Crippen LogP contribution is -2.10. The van der Waals surface area contributed by atoms with E-state index in [1.807, 2.05) is 0 Å². The monoisotopic (exact) mass is 189 g/mol. The summed E-state index contributed by atoms with van der Waals surface area (Å²) in [4.78, 5) is 0. The minimum absolute atomic E-state index is 0.213. The topological polar surface area (TPSA) is 29.5 Å². The van der Waals surface area contributed by atoms with Gasteiger partial charge in [0, 0.05) is 0 Å². The molecule has 0 bridgehead atoms. The van der Waals surface area contributed by atoms with Crippen molar-refractivity contribution in [1.82, 2.24) is 0 Å². The Morgan fingerprint density at radius 1 is 1.23 bits per heavy atom. The van der Waals surface area contributed by atoms with Crippen LogP contribution in [0.2, 0.25) is 0 Å². The van der Waals surface area contributed by atoms with Crippen LogP contribution in [0, 0.1) is 0 Å². The molecule has 1 aromatic rings. The smallest absolute Gasteiger partial charge is 0.537 e. The molecular formula is C7H5BF3O2. The molecule has 0 amide bonds. The fourth-order valence-corrected chi connectivity index (χ4v) is 0.860. The van der Waals surface area contributed by atoms with Crippen molar-refractivity contribution in [3.8, 4) is 5.75 Å². The third-order valence-electron chi connectivity index (χ3n) is 1.37. The molecule has 0 aromatic heterocycles. The van der Waals surface area contributed by atoms with Gasteiger partial charge in [0.2, 0.25) is 0 Å². The first-order chi connectivity index (χ1) is 6.05. The van der Waals surface area contributed by atoms with Gasteiger partial charge in [-0.2, -0.15) is 13.2 Å². The van der Waals surface area contributed by atoms with Crippen LogP contribution in [-0.4, -0.2) is 12.7 Å². The van der Waals surface area contributed by atoms with Gasteiger partial charge in [-0.1, -0.05) is 12.1 Å². The van der Waals surface area contributed by atoms with Crippen molar-refractivity contribution in [1.29, 1.82) is 0 Å². The molecule has 0 aliphatic carbocycles. The fourth-order valence-electron chi connectivity index (χ4n) is 0.860. The van der Waals surface area contributed by atoms with Gasteiger partial charge >= 0.3 is 13.9 Å². The Kier molecular flexibility index (Phi) is 2.82. The Morgan fingerprint density at radius 3 is 2.38 bits per heavy atom. The summed E-state index contributed by atoms with van der Waals surface area (Å²) in [7, 11) is 0.213. The Bertz CT molecular complexity index is 287. The summed E-state index contributed by atoms with van der Waals surface area (Å²) in [6.45, 7) is 0. The number of hydrogen-bond donors (Lipinski definition) is 1. The molecule has 1 radical (unpaired) electrons. The molecule has 0 heterocycles. The molecule has 0 atom stereocenters. The number of benzene rings is 1. The third-order valence-corrected chi connectivity index (χ3v) is 1.37. The zero-order valence-corrected chi connectivity index (χ0v) is 6.38. The molecular weight excluding hydrogens is 184 g/mol. The van der Waals surface area contributed by atoms with Gasteiger partial charge in [0.25, 0.3) is 0 Å². The molecule has 0 aliphatic heterocycles. The van der Waals surface area contributed by atoms with E-state index in [1.54, 1.807) is 0 Å². The molecule has 0 spiro atoms. The van der Waals surface area contributed by atoms with Gasteiger partial charge in [-0.25, -0.2) is 0 Å². The average molecular weight is 189 g/mol. The summed E-state index contributed by atoms with van der Waals surface area (Å²) in [5, 5.41) is 8.20. The van der Waals surface area contributed by atoms with E-state index in [2.05, 4.69) is 4.65 Å². The molecule has 6 heteroatoms. The van der Waals surface area contributed by atoms with E-state index in [9.17, 15) is 13.2 Å². The summed E-state index contributed by atoms with van der Waals surface area (Å²) >= 11 is 0. The van der Waals surface area contributed by atoms with Crippen LogP contribution in [-0.2, 0) is 6.18 Å². The van der Waals surface area contributed by atoms with Gasteiger partial charge in [0.15, 0.2) is 0 Å². The quantitative estimate of drug-likeness (QED) is 0.716. The number of alkyl halides is 3. The maximum absolute atomic E-state index is 12.2. The van der Waals surface area contributed by atoms with Crippen molar-refractivity contribution >= 4 is 7.69 Å². The maximum atomic E-state index is 12.2. The van der Waals surface area contributed by atoms with E-state index in [-0.39, 0.29) is 7.69 Å². The summed E-state index contributed by atoms with van der Waals surface area (Å²) in [5.41, 5.74) is -0.916. The highest BCUT2D eigenvalue weighted by Gasteiger charge is 2.33. The van der Waals surface area contributed by atoms with Gasteiger partial charge in [-0.3, -0.25) is 0 Å². The van der Waals surface area contributed by atoms with Gasteiger partial charge < -0.3 is 9.68 Å². The highest BCUT2D eigenvalue weighted by Crippen LogP contribution is 2.35. The summed E-state index contributed by atoms with van der Waals surface area (Å²) in [6.07, 6.45) is -4.47. The zero-order chi connectivity index (χ0) is 9.90. The van der Waals surface area contributed by atoms with Crippen molar-refractivity contribution < 1.29 is 22.8 Å². The number of para-hydroxylation sites is 1. The lowest BCUT2D eigenvalue weighted by Gasteiger charge is -2.11. The average Bonchev–Trinajstić information content (AvgIpc) is 2.04. The largest absolute Gasteiger partial charge is 0.569 e. The van der Waals surface area contributed by atoms with Crippen LogP contribution >= 0.6 is 0 Å². The van der Waals surface area contributed by atoms with E-state index in [1.165, 1.54) is 12.1 Å². The van der Waals surface area contributed by atoms with Crippen molar-refractivity contribution in [2.24, 2.45) is 0 Å². The number of hydrogen-bond acceptors (Lipinski definition) is 2. The van der Waals surface area contributed by atoms with Crippen LogP contribution in [0.4, 0.5) is 13.2 Å². The van der Waals surface area contributed by atoms with Crippen LogP contribution in [0.5, 0.6) is 5.75 Å². The third kappa shape index (κ3) is 2.38. The molecule has 13 heavy (non-hydrogen) atoms. The fraction of sp³-hybridized carbons (Fsp3) is 0.143. The molecule has 1 N–H and O–H groups in total. The molecule has 0 saturated carbocycles. The van der Waals surface area contributed by atoms with E-state index >= 15 is 0 Å². The normalized spacial score (nSPS) is 11.1. The highest BCUT2D eigenvalue weighted by atomic mass is 19.4. The molecule has 69 valence electrons. The molecule has 0 fully saturated rings. The Hall–Kier alpha value is -1.17. The maximum Gasteiger partial charge on any atom is 0.569 e. The summed E-state index contributed by atoms with van der Waals surface area (Å²) < 4.78 is 40.9. The summed E-state index contributed by atoms with van der Waals surface area (Å²) in [6, 6.07) is 4.62. The minimum Gasteiger partial charge on any atom is -0.537 e. The minimum atomic E-state index is -4.47. The Labute approximate surface area is 73.3 Å². The lowest BCUT2D eigenvalue weighted by atomic mass is 10.2. The van der Waals surface area contributed by atoms with E-state index in [0.717, 1.165) is 12.1 Å². The molecule has 0 unspecified atom stereocenters. The number of rotatable bonds is 2.